The summed E-state index contributed by atoms with van der Waals surface area (Å²) in [5, 5.41) is 10.7. The number of nitrogens with zero attached hydrogens (tertiary/aromatic N) is 2. The first-order valence-corrected chi connectivity index (χ1v) is 8.60. The highest BCUT2D eigenvalue weighted by molar-refractivity contribution is 6.32. The average Bonchev–Trinajstić information content (AvgIpc) is 3.10. The van der Waals surface area contributed by atoms with Gasteiger partial charge in [0, 0.05) is 11.1 Å². The number of hydrogen-bond acceptors (Lipinski definition) is 6. The lowest BCUT2D eigenvalue weighted by Crippen LogP contribution is -2.13. The van der Waals surface area contributed by atoms with E-state index in [0.717, 1.165) is 11.3 Å². The van der Waals surface area contributed by atoms with Crippen LogP contribution in [0.2, 0.25) is 5.02 Å². The van der Waals surface area contributed by atoms with Gasteiger partial charge in [0.15, 0.2) is 5.69 Å². The molecule has 0 aliphatic heterocycles. The lowest BCUT2D eigenvalue weighted by atomic mass is 10.1. The van der Waals surface area contributed by atoms with Crippen molar-refractivity contribution >= 4 is 23.3 Å². The van der Waals surface area contributed by atoms with Crippen molar-refractivity contribution in [3.8, 4) is 22.8 Å². The van der Waals surface area contributed by atoms with Crippen molar-refractivity contribution in [1.82, 2.24) is 10.3 Å². The van der Waals surface area contributed by atoms with Crippen LogP contribution in [0.5, 0.6) is 11.5 Å². The van der Waals surface area contributed by atoms with Crippen molar-refractivity contribution in [3.63, 3.8) is 0 Å². The van der Waals surface area contributed by atoms with E-state index in [-0.39, 0.29) is 11.9 Å². The van der Waals surface area contributed by atoms with Crippen LogP contribution in [-0.4, -0.2) is 29.4 Å². The predicted molar refractivity (Wildman–Crippen MR) is 101 cm³/mol. The fourth-order valence-electron chi connectivity index (χ4n) is 2.41. The highest BCUT2D eigenvalue weighted by Crippen LogP contribution is 2.28. The zero-order chi connectivity index (χ0) is 19.4. The molecular weight excluding hydrogens is 370 g/mol. The third-order valence-corrected chi connectivity index (χ3v) is 3.93. The van der Waals surface area contributed by atoms with Crippen molar-refractivity contribution in [2.45, 2.75) is 20.0 Å². The molecule has 0 saturated carbocycles. The topological polar surface area (TPSA) is 86.5 Å². The van der Waals surface area contributed by atoms with E-state index in [2.05, 4.69) is 15.6 Å². The van der Waals surface area contributed by atoms with Crippen LogP contribution in [0.15, 0.2) is 47.1 Å². The van der Waals surface area contributed by atoms with Gasteiger partial charge >= 0.3 is 0 Å². The summed E-state index contributed by atoms with van der Waals surface area (Å²) in [4.78, 5) is 12.5. The number of hydrogen-bond donors (Lipinski definition) is 1. The lowest BCUT2D eigenvalue weighted by Gasteiger charge is -2.09. The second kappa shape index (κ2) is 8.09. The third-order valence-electron chi connectivity index (χ3n) is 3.63. The summed E-state index contributed by atoms with van der Waals surface area (Å²) in [6, 6.07) is 12.0. The number of amides is 1. The molecule has 1 amide bonds. The molecule has 0 bridgehead atoms. The van der Waals surface area contributed by atoms with E-state index in [9.17, 15) is 4.79 Å². The maximum absolute atomic E-state index is 12.5. The predicted octanol–water partition coefficient (Wildman–Crippen LogP) is 4.44. The van der Waals surface area contributed by atoms with Crippen LogP contribution in [-0.2, 0) is 0 Å². The SMILES string of the molecule is COc1ccc(C(=O)Nc2nonc2-c2ccc(OC(C)C)cc2)cc1Cl. The Hall–Kier alpha value is -3.06. The van der Waals surface area contributed by atoms with Crippen molar-refractivity contribution in [1.29, 1.82) is 0 Å². The first-order valence-electron chi connectivity index (χ1n) is 8.22. The molecule has 0 radical (unpaired) electrons. The molecule has 8 heteroatoms. The first-order chi connectivity index (χ1) is 13.0. The standard InChI is InChI=1S/C19H18ClN3O4/c1-11(2)26-14-7-4-12(5-8-14)17-18(23-27-22-17)21-19(24)13-6-9-16(25-3)15(20)10-13/h4-11H,1-3H3,(H,21,23,24). The number of rotatable bonds is 6. The minimum atomic E-state index is -0.392. The van der Waals surface area contributed by atoms with Crippen LogP contribution in [0.25, 0.3) is 11.3 Å². The maximum atomic E-state index is 12.5. The van der Waals surface area contributed by atoms with Crippen molar-refractivity contribution in [2.75, 3.05) is 12.4 Å². The average molecular weight is 388 g/mol. The molecule has 1 aromatic heterocycles. The van der Waals surface area contributed by atoms with E-state index in [1.165, 1.54) is 13.2 Å². The molecule has 140 valence electrons. The number of carbonyl (C=O) groups is 1. The molecule has 0 atom stereocenters. The van der Waals surface area contributed by atoms with E-state index >= 15 is 0 Å². The summed E-state index contributed by atoms with van der Waals surface area (Å²) in [6.07, 6.45) is 0.0794. The Kier molecular flexibility index (Phi) is 5.61. The third kappa shape index (κ3) is 4.38. The largest absolute Gasteiger partial charge is 0.495 e. The minimum absolute atomic E-state index is 0.0794. The molecule has 0 fully saturated rings. The van der Waals surface area contributed by atoms with Gasteiger partial charge in [-0.3, -0.25) is 4.79 Å². The van der Waals surface area contributed by atoms with Gasteiger partial charge < -0.3 is 14.8 Å². The normalized spacial score (nSPS) is 10.7. The molecule has 0 saturated heterocycles. The summed E-state index contributed by atoms with van der Waals surface area (Å²) in [5.74, 6) is 1.05. The summed E-state index contributed by atoms with van der Waals surface area (Å²) in [5.41, 5.74) is 1.50. The van der Waals surface area contributed by atoms with E-state index in [1.54, 1.807) is 12.1 Å². The number of ether oxygens (including phenoxy) is 2. The van der Waals surface area contributed by atoms with Gasteiger partial charge in [-0.05, 0) is 66.6 Å². The second-order valence-corrected chi connectivity index (χ2v) is 6.36. The highest BCUT2D eigenvalue weighted by atomic mass is 35.5. The lowest BCUT2D eigenvalue weighted by molar-refractivity contribution is 0.102. The number of carbonyl (C=O) groups excluding carboxylic acids is 1. The Morgan fingerprint density at radius 3 is 2.52 bits per heavy atom. The molecule has 7 nitrogen and oxygen atoms in total. The molecule has 27 heavy (non-hydrogen) atoms. The van der Waals surface area contributed by atoms with Crippen LogP contribution in [0.3, 0.4) is 0 Å². The second-order valence-electron chi connectivity index (χ2n) is 5.96. The summed E-state index contributed by atoms with van der Waals surface area (Å²) < 4.78 is 15.5. The summed E-state index contributed by atoms with van der Waals surface area (Å²) in [7, 11) is 1.51. The first kappa shape index (κ1) is 18.7. The smallest absolute Gasteiger partial charge is 0.257 e. The minimum Gasteiger partial charge on any atom is -0.495 e. The fraction of sp³-hybridized carbons (Fsp3) is 0.211. The number of anilines is 1. The zero-order valence-corrected chi connectivity index (χ0v) is 15.8. The van der Waals surface area contributed by atoms with Crippen molar-refractivity contribution in [3.05, 3.63) is 53.1 Å². The molecule has 0 aliphatic rings. The van der Waals surface area contributed by atoms with Gasteiger partial charge in [0.1, 0.15) is 11.5 Å². The van der Waals surface area contributed by atoms with Crippen LogP contribution in [0.1, 0.15) is 24.2 Å². The molecular formula is C19H18ClN3O4. The van der Waals surface area contributed by atoms with Gasteiger partial charge in [0.2, 0.25) is 5.82 Å². The maximum Gasteiger partial charge on any atom is 0.257 e. The number of methoxy groups -OCH3 is 1. The van der Waals surface area contributed by atoms with Crippen molar-refractivity contribution < 1.29 is 18.9 Å². The Balaban J connectivity index is 1.79. The van der Waals surface area contributed by atoms with Gasteiger partial charge in [-0.25, -0.2) is 4.63 Å². The van der Waals surface area contributed by atoms with E-state index in [0.29, 0.717) is 22.0 Å². The Morgan fingerprint density at radius 2 is 1.89 bits per heavy atom. The molecule has 3 aromatic rings. The van der Waals surface area contributed by atoms with Gasteiger partial charge in [0.25, 0.3) is 5.91 Å². The van der Waals surface area contributed by atoms with E-state index < -0.39 is 5.91 Å². The summed E-state index contributed by atoms with van der Waals surface area (Å²) >= 11 is 6.07. The molecule has 2 aromatic carbocycles. The summed E-state index contributed by atoms with van der Waals surface area (Å²) in [6.45, 7) is 3.91. The number of aromatic nitrogens is 2. The molecule has 3 rings (SSSR count). The van der Waals surface area contributed by atoms with Crippen molar-refractivity contribution in [2.24, 2.45) is 0 Å². The highest BCUT2D eigenvalue weighted by Gasteiger charge is 2.17. The number of halogens is 1. The monoisotopic (exact) mass is 387 g/mol. The van der Waals surface area contributed by atoms with Gasteiger partial charge in [0.05, 0.1) is 18.2 Å². The van der Waals surface area contributed by atoms with E-state index in [4.69, 9.17) is 25.7 Å². The molecule has 0 unspecified atom stereocenters. The Morgan fingerprint density at radius 1 is 1.15 bits per heavy atom. The van der Waals surface area contributed by atoms with Crippen LogP contribution < -0.4 is 14.8 Å². The quantitative estimate of drug-likeness (QED) is 0.672. The molecule has 1 heterocycles. The Bertz CT molecular complexity index is 938. The van der Waals surface area contributed by atoms with Crippen LogP contribution in [0, 0.1) is 0 Å². The number of nitrogens with one attached hydrogen (secondary N) is 1. The fourth-order valence-corrected chi connectivity index (χ4v) is 2.67. The van der Waals surface area contributed by atoms with Gasteiger partial charge in [-0.15, -0.1) is 0 Å². The van der Waals surface area contributed by atoms with E-state index in [1.807, 2.05) is 38.1 Å². The number of benzene rings is 2. The van der Waals surface area contributed by atoms with Gasteiger partial charge in [-0.2, -0.15) is 0 Å². The van der Waals surface area contributed by atoms with Crippen LogP contribution in [0.4, 0.5) is 5.82 Å². The zero-order valence-electron chi connectivity index (χ0n) is 15.0. The molecule has 1 N–H and O–H groups in total. The van der Waals surface area contributed by atoms with Gasteiger partial charge in [-0.1, -0.05) is 11.6 Å². The van der Waals surface area contributed by atoms with Crippen LogP contribution >= 0.6 is 11.6 Å². The Labute approximate surface area is 161 Å². The molecule has 0 aliphatic carbocycles. The molecule has 0 spiro atoms.